The number of hydrogen-bond donors (Lipinski definition) is 1. The predicted molar refractivity (Wildman–Crippen MR) is 98.8 cm³/mol. The SMILES string of the molecule is Clc1ccc(-c2noc3c(NCc4ccccc4Cl)ncnc23)cc1. The maximum atomic E-state index is 6.19. The fourth-order valence-corrected chi connectivity index (χ4v) is 2.84. The first-order chi connectivity index (χ1) is 12.2. The van der Waals surface area contributed by atoms with Gasteiger partial charge in [-0.3, -0.25) is 0 Å². The van der Waals surface area contributed by atoms with Crippen LogP contribution in [0.3, 0.4) is 0 Å². The van der Waals surface area contributed by atoms with Crippen LogP contribution in [-0.2, 0) is 6.54 Å². The summed E-state index contributed by atoms with van der Waals surface area (Å²) in [7, 11) is 0. The number of hydrogen-bond acceptors (Lipinski definition) is 5. The number of rotatable bonds is 4. The molecule has 0 unspecified atom stereocenters. The molecule has 2 aromatic heterocycles. The maximum absolute atomic E-state index is 6.19. The highest BCUT2D eigenvalue weighted by molar-refractivity contribution is 6.31. The summed E-state index contributed by atoms with van der Waals surface area (Å²) < 4.78 is 5.48. The molecular weight excluding hydrogens is 359 g/mol. The zero-order chi connectivity index (χ0) is 17.2. The van der Waals surface area contributed by atoms with Crippen molar-refractivity contribution < 1.29 is 4.52 Å². The molecule has 0 atom stereocenters. The van der Waals surface area contributed by atoms with Gasteiger partial charge in [0.25, 0.3) is 0 Å². The smallest absolute Gasteiger partial charge is 0.228 e. The molecule has 0 aliphatic heterocycles. The molecule has 2 heterocycles. The first-order valence-electron chi connectivity index (χ1n) is 7.56. The Hall–Kier alpha value is -2.63. The molecule has 1 N–H and O–H groups in total. The molecule has 25 heavy (non-hydrogen) atoms. The van der Waals surface area contributed by atoms with Gasteiger partial charge in [-0.05, 0) is 23.8 Å². The molecule has 7 heteroatoms. The second-order valence-electron chi connectivity index (χ2n) is 5.38. The topological polar surface area (TPSA) is 63.8 Å². The lowest BCUT2D eigenvalue weighted by molar-refractivity contribution is 0.459. The zero-order valence-electron chi connectivity index (χ0n) is 12.9. The average molecular weight is 371 g/mol. The van der Waals surface area contributed by atoms with Crippen LogP contribution in [0.1, 0.15) is 5.56 Å². The summed E-state index contributed by atoms with van der Waals surface area (Å²) in [6.45, 7) is 0.517. The van der Waals surface area contributed by atoms with Crippen molar-refractivity contribution in [1.29, 1.82) is 0 Å². The van der Waals surface area contributed by atoms with E-state index < -0.39 is 0 Å². The third-order valence-corrected chi connectivity index (χ3v) is 4.40. The number of fused-ring (bicyclic) bond motifs is 1. The maximum Gasteiger partial charge on any atom is 0.228 e. The summed E-state index contributed by atoms with van der Waals surface area (Å²) in [6.07, 6.45) is 1.48. The van der Waals surface area contributed by atoms with E-state index in [4.69, 9.17) is 27.7 Å². The Bertz CT molecular complexity index is 1030. The molecule has 0 fully saturated rings. The van der Waals surface area contributed by atoms with E-state index in [0.717, 1.165) is 11.1 Å². The van der Waals surface area contributed by atoms with Crippen molar-refractivity contribution in [2.45, 2.75) is 6.54 Å². The van der Waals surface area contributed by atoms with Crippen molar-refractivity contribution >= 4 is 40.1 Å². The van der Waals surface area contributed by atoms with Crippen molar-refractivity contribution in [2.24, 2.45) is 0 Å². The Labute approximate surface area is 153 Å². The minimum absolute atomic E-state index is 0.500. The number of anilines is 1. The molecule has 0 aliphatic carbocycles. The standard InChI is InChI=1S/C18H12Cl2N4O/c19-13-7-5-11(6-8-13)15-16-17(25-24-15)18(23-10-22-16)21-9-12-3-1-2-4-14(12)20/h1-8,10H,9H2,(H,21,22,23). The Morgan fingerprint density at radius 3 is 2.56 bits per heavy atom. The minimum Gasteiger partial charge on any atom is -0.363 e. The van der Waals surface area contributed by atoms with Crippen LogP contribution in [0.2, 0.25) is 10.0 Å². The molecule has 4 aromatic rings. The van der Waals surface area contributed by atoms with E-state index in [-0.39, 0.29) is 0 Å². The van der Waals surface area contributed by atoms with Crippen LogP contribution in [0.5, 0.6) is 0 Å². The van der Waals surface area contributed by atoms with E-state index >= 15 is 0 Å². The Balaban J connectivity index is 1.67. The van der Waals surface area contributed by atoms with Crippen molar-refractivity contribution in [1.82, 2.24) is 15.1 Å². The molecular formula is C18H12Cl2N4O. The predicted octanol–water partition coefficient (Wildman–Crippen LogP) is 5.20. The lowest BCUT2D eigenvalue weighted by Crippen LogP contribution is -2.02. The summed E-state index contributed by atoms with van der Waals surface area (Å²) >= 11 is 12.1. The van der Waals surface area contributed by atoms with Gasteiger partial charge in [-0.1, -0.05) is 58.7 Å². The quantitative estimate of drug-likeness (QED) is 0.534. The van der Waals surface area contributed by atoms with Gasteiger partial charge in [-0.2, -0.15) is 0 Å². The van der Waals surface area contributed by atoms with Crippen molar-refractivity contribution in [3.63, 3.8) is 0 Å². The molecule has 0 spiro atoms. The molecule has 5 nitrogen and oxygen atoms in total. The fraction of sp³-hybridized carbons (Fsp3) is 0.0556. The lowest BCUT2D eigenvalue weighted by Gasteiger charge is -2.06. The highest BCUT2D eigenvalue weighted by Crippen LogP contribution is 2.30. The van der Waals surface area contributed by atoms with Crippen molar-refractivity contribution in [3.8, 4) is 11.3 Å². The summed E-state index contributed by atoms with van der Waals surface area (Å²) in [6, 6.07) is 15.0. The fourth-order valence-electron chi connectivity index (χ4n) is 2.51. The third kappa shape index (κ3) is 3.16. The van der Waals surface area contributed by atoms with Crippen LogP contribution in [-0.4, -0.2) is 15.1 Å². The van der Waals surface area contributed by atoms with E-state index in [1.807, 2.05) is 36.4 Å². The van der Waals surface area contributed by atoms with Crippen molar-refractivity contribution in [2.75, 3.05) is 5.32 Å². The van der Waals surface area contributed by atoms with Crippen LogP contribution in [0.25, 0.3) is 22.4 Å². The summed E-state index contributed by atoms with van der Waals surface area (Å²) in [5, 5.41) is 8.72. The second kappa shape index (κ2) is 6.70. The Kier molecular flexibility index (Phi) is 4.26. The molecule has 124 valence electrons. The molecule has 0 saturated heterocycles. The van der Waals surface area contributed by atoms with Crippen LogP contribution < -0.4 is 5.32 Å². The molecule has 4 rings (SSSR count). The van der Waals surface area contributed by atoms with Crippen molar-refractivity contribution in [3.05, 3.63) is 70.5 Å². The highest BCUT2D eigenvalue weighted by Gasteiger charge is 2.16. The van der Waals surface area contributed by atoms with Crippen LogP contribution in [0, 0.1) is 0 Å². The second-order valence-corrected chi connectivity index (χ2v) is 6.23. The minimum atomic E-state index is 0.500. The normalized spacial score (nSPS) is 11.0. The van der Waals surface area contributed by atoms with E-state index in [1.54, 1.807) is 12.1 Å². The summed E-state index contributed by atoms with van der Waals surface area (Å²) in [4.78, 5) is 8.56. The molecule has 2 aromatic carbocycles. The average Bonchev–Trinajstić information content (AvgIpc) is 3.06. The van der Waals surface area contributed by atoms with Crippen LogP contribution in [0.15, 0.2) is 59.4 Å². The Morgan fingerprint density at radius 1 is 0.960 bits per heavy atom. The molecule has 0 saturated carbocycles. The van der Waals surface area contributed by atoms with E-state index in [1.165, 1.54) is 6.33 Å². The van der Waals surface area contributed by atoms with Gasteiger partial charge in [-0.15, -0.1) is 0 Å². The van der Waals surface area contributed by atoms with Gasteiger partial charge in [0.1, 0.15) is 17.5 Å². The van der Waals surface area contributed by atoms with E-state index in [2.05, 4.69) is 20.4 Å². The lowest BCUT2D eigenvalue weighted by atomic mass is 10.1. The van der Waals surface area contributed by atoms with Gasteiger partial charge in [0.15, 0.2) is 5.82 Å². The largest absolute Gasteiger partial charge is 0.363 e. The zero-order valence-corrected chi connectivity index (χ0v) is 14.4. The first kappa shape index (κ1) is 15.9. The number of benzene rings is 2. The van der Waals surface area contributed by atoms with Crippen LogP contribution >= 0.6 is 23.2 Å². The van der Waals surface area contributed by atoms with E-state index in [0.29, 0.717) is 39.2 Å². The Morgan fingerprint density at radius 2 is 1.76 bits per heavy atom. The number of nitrogens with one attached hydrogen (secondary N) is 1. The van der Waals surface area contributed by atoms with Gasteiger partial charge in [0, 0.05) is 22.2 Å². The van der Waals surface area contributed by atoms with Gasteiger partial charge in [0.05, 0.1) is 0 Å². The van der Waals surface area contributed by atoms with Gasteiger partial charge >= 0.3 is 0 Å². The third-order valence-electron chi connectivity index (χ3n) is 3.78. The molecule has 0 amide bonds. The summed E-state index contributed by atoms with van der Waals surface area (Å²) in [5.74, 6) is 0.567. The molecule has 0 bridgehead atoms. The van der Waals surface area contributed by atoms with Crippen LogP contribution in [0.4, 0.5) is 5.82 Å². The molecule has 0 aliphatic rings. The van der Waals surface area contributed by atoms with Gasteiger partial charge in [-0.25, -0.2) is 9.97 Å². The van der Waals surface area contributed by atoms with E-state index in [9.17, 15) is 0 Å². The number of nitrogens with zero attached hydrogens (tertiary/aromatic N) is 3. The highest BCUT2D eigenvalue weighted by atomic mass is 35.5. The number of halogens is 2. The summed E-state index contributed by atoms with van der Waals surface area (Å²) in [5.41, 5.74) is 3.63. The van der Waals surface area contributed by atoms with Gasteiger partial charge < -0.3 is 9.84 Å². The monoisotopic (exact) mass is 370 g/mol. The first-order valence-corrected chi connectivity index (χ1v) is 8.31. The number of aromatic nitrogens is 3. The molecule has 0 radical (unpaired) electrons. The van der Waals surface area contributed by atoms with Gasteiger partial charge in [0.2, 0.25) is 5.58 Å².